The number of nitrogens with zero attached hydrogens (tertiary/aromatic N) is 4. The number of nitrogens with two attached hydrogens (primary N) is 2. The van der Waals surface area contributed by atoms with Crippen molar-refractivity contribution in [3.8, 4) is 0 Å². The number of anilines is 2. The minimum atomic E-state index is 0.436. The maximum atomic E-state index is 5.80. The Labute approximate surface area is 84.5 Å². The smallest absolute Gasteiger partial charge is 0.257 e. The van der Waals surface area contributed by atoms with Crippen LogP contribution in [0.2, 0.25) is 0 Å². The maximum Gasteiger partial charge on any atom is 0.257 e. The standard InChI is InChI=1S/C9H8N6/c10-5-1-2-6-7(3-5)15-4-12-14-9(15)13-8(6)11/h1-4H,10H2,(H2,11,13,14). The van der Waals surface area contributed by atoms with E-state index < -0.39 is 0 Å². The average Bonchev–Trinajstić information content (AvgIpc) is 2.65. The van der Waals surface area contributed by atoms with Crippen LogP contribution in [0.1, 0.15) is 0 Å². The van der Waals surface area contributed by atoms with Gasteiger partial charge in [-0.15, -0.1) is 10.2 Å². The van der Waals surface area contributed by atoms with Crippen LogP contribution in [0, 0.1) is 0 Å². The molecule has 6 heteroatoms. The Kier molecular flexibility index (Phi) is 1.37. The molecule has 0 aliphatic heterocycles. The third kappa shape index (κ3) is 1.01. The first-order valence-electron chi connectivity index (χ1n) is 4.40. The molecule has 0 unspecified atom stereocenters. The van der Waals surface area contributed by atoms with E-state index in [1.54, 1.807) is 16.8 Å². The van der Waals surface area contributed by atoms with Crippen LogP contribution in [0.25, 0.3) is 16.7 Å². The topological polar surface area (TPSA) is 95.1 Å². The molecule has 0 spiro atoms. The van der Waals surface area contributed by atoms with Gasteiger partial charge in [0, 0.05) is 11.1 Å². The fourth-order valence-electron chi connectivity index (χ4n) is 1.61. The molecule has 3 rings (SSSR count). The molecule has 2 heterocycles. The molecular weight excluding hydrogens is 192 g/mol. The third-order valence-electron chi connectivity index (χ3n) is 2.31. The summed E-state index contributed by atoms with van der Waals surface area (Å²) in [5.74, 6) is 0.913. The van der Waals surface area contributed by atoms with Gasteiger partial charge in [-0.05, 0) is 18.2 Å². The summed E-state index contributed by atoms with van der Waals surface area (Å²) in [5.41, 5.74) is 13.0. The van der Waals surface area contributed by atoms with Crippen molar-refractivity contribution in [1.82, 2.24) is 19.6 Å². The van der Waals surface area contributed by atoms with Crippen LogP contribution in [0.4, 0.5) is 11.5 Å². The monoisotopic (exact) mass is 200 g/mol. The van der Waals surface area contributed by atoms with Crippen LogP contribution >= 0.6 is 0 Å². The number of hydrogen-bond donors (Lipinski definition) is 2. The molecule has 0 bridgehead atoms. The van der Waals surface area contributed by atoms with E-state index in [0.717, 1.165) is 10.9 Å². The predicted octanol–water partition coefficient (Wildman–Crippen LogP) is 0.442. The minimum absolute atomic E-state index is 0.436. The largest absolute Gasteiger partial charge is 0.399 e. The number of nitrogen functional groups attached to an aromatic ring is 2. The Morgan fingerprint density at radius 3 is 2.93 bits per heavy atom. The minimum Gasteiger partial charge on any atom is -0.399 e. The summed E-state index contributed by atoms with van der Waals surface area (Å²) < 4.78 is 1.75. The molecule has 0 aliphatic carbocycles. The van der Waals surface area contributed by atoms with Crippen molar-refractivity contribution in [3.63, 3.8) is 0 Å². The summed E-state index contributed by atoms with van der Waals surface area (Å²) in [5, 5.41) is 8.46. The second-order valence-corrected chi connectivity index (χ2v) is 3.27. The Bertz CT molecular complexity index is 656. The van der Waals surface area contributed by atoms with Crippen molar-refractivity contribution in [2.45, 2.75) is 0 Å². The van der Waals surface area contributed by atoms with Gasteiger partial charge in [0.2, 0.25) is 0 Å². The molecule has 74 valence electrons. The third-order valence-corrected chi connectivity index (χ3v) is 2.31. The summed E-state index contributed by atoms with van der Waals surface area (Å²) in [6.07, 6.45) is 1.59. The van der Waals surface area contributed by atoms with Crippen LogP contribution in [-0.2, 0) is 0 Å². The molecule has 15 heavy (non-hydrogen) atoms. The molecule has 0 aliphatic rings. The SMILES string of the molecule is Nc1ccc2c(N)nc3nncn3c2c1. The van der Waals surface area contributed by atoms with Gasteiger partial charge in [-0.2, -0.15) is 4.98 Å². The van der Waals surface area contributed by atoms with Gasteiger partial charge in [0.1, 0.15) is 12.1 Å². The molecule has 6 nitrogen and oxygen atoms in total. The molecule has 4 N–H and O–H groups in total. The number of hydrogen-bond acceptors (Lipinski definition) is 5. The molecule has 0 radical (unpaired) electrons. The highest BCUT2D eigenvalue weighted by Crippen LogP contribution is 2.22. The van der Waals surface area contributed by atoms with Crippen LogP contribution < -0.4 is 11.5 Å². The number of fused-ring (bicyclic) bond motifs is 3. The van der Waals surface area contributed by atoms with Gasteiger partial charge in [-0.1, -0.05) is 0 Å². The number of rotatable bonds is 0. The van der Waals surface area contributed by atoms with E-state index in [0.29, 0.717) is 17.3 Å². The highest BCUT2D eigenvalue weighted by molar-refractivity contribution is 5.91. The Morgan fingerprint density at radius 1 is 1.20 bits per heavy atom. The zero-order chi connectivity index (χ0) is 10.4. The molecule has 0 atom stereocenters. The fraction of sp³-hybridized carbons (Fsp3) is 0. The van der Waals surface area contributed by atoms with E-state index in [1.165, 1.54) is 0 Å². The van der Waals surface area contributed by atoms with E-state index in [4.69, 9.17) is 11.5 Å². The lowest BCUT2D eigenvalue weighted by molar-refractivity contribution is 1.10. The van der Waals surface area contributed by atoms with E-state index in [1.807, 2.05) is 12.1 Å². The van der Waals surface area contributed by atoms with Gasteiger partial charge in [0.05, 0.1) is 5.52 Å². The molecule has 0 amide bonds. The van der Waals surface area contributed by atoms with E-state index in [2.05, 4.69) is 15.2 Å². The molecule has 0 saturated heterocycles. The van der Waals surface area contributed by atoms with E-state index >= 15 is 0 Å². The zero-order valence-electron chi connectivity index (χ0n) is 7.75. The van der Waals surface area contributed by atoms with Gasteiger partial charge >= 0.3 is 0 Å². The van der Waals surface area contributed by atoms with E-state index in [9.17, 15) is 0 Å². The fourth-order valence-corrected chi connectivity index (χ4v) is 1.61. The van der Waals surface area contributed by atoms with Crippen molar-refractivity contribution in [2.24, 2.45) is 0 Å². The lowest BCUT2D eigenvalue weighted by Gasteiger charge is -2.04. The lowest BCUT2D eigenvalue weighted by Crippen LogP contribution is -1.98. The average molecular weight is 200 g/mol. The van der Waals surface area contributed by atoms with Crippen LogP contribution in [0.3, 0.4) is 0 Å². The molecule has 3 aromatic rings. The van der Waals surface area contributed by atoms with Gasteiger partial charge < -0.3 is 11.5 Å². The van der Waals surface area contributed by atoms with Crippen molar-refractivity contribution in [1.29, 1.82) is 0 Å². The highest BCUT2D eigenvalue weighted by atomic mass is 15.3. The summed E-state index contributed by atoms with van der Waals surface area (Å²) in [6.45, 7) is 0. The highest BCUT2D eigenvalue weighted by Gasteiger charge is 2.06. The second kappa shape index (κ2) is 2.57. The molecule has 0 saturated carbocycles. The van der Waals surface area contributed by atoms with Crippen LogP contribution in [-0.4, -0.2) is 19.6 Å². The van der Waals surface area contributed by atoms with Crippen molar-refractivity contribution in [2.75, 3.05) is 11.5 Å². The molecular formula is C9H8N6. The van der Waals surface area contributed by atoms with E-state index in [-0.39, 0.29) is 0 Å². The number of benzene rings is 1. The van der Waals surface area contributed by atoms with Gasteiger partial charge in [-0.3, -0.25) is 4.40 Å². The predicted molar refractivity (Wildman–Crippen MR) is 57.1 cm³/mol. The summed E-state index contributed by atoms with van der Waals surface area (Å²) in [7, 11) is 0. The summed E-state index contributed by atoms with van der Waals surface area (Å²) >= 11 is 0. The normalized spacial score (nSPS) is 11.2. The quantitative estimate of drug-likeness (QED) is 0.513. The van der Waals surface area contributed by atoms with Gasteiger partial charge in [0.25, 0.3) is 5.78 Å². The van der Waals surface area contributed by atoms with Gasteiger partial charge in [-0.25, -0.2) is 0 Å². The molecule has 2 aromatic heterocycles. The van der Waals surface area contributed by atoms with Crippen LogP contribution in [0.15, 0.2) is 24.5 Å². The Balaban J connectivity index is 2.63. The van der Waals surface area contributed by atoms with Crippen LogP contribution in [0.5, 0.6) is 0 Å². The summed E-state index contributed by atoms with van der Waals surface area (Å²) in [6, 6.07) is 5.45. The maximum absolute atomic E-state index is 5.80. The summed E-state index contributed by atoms with van der Waals surface area (Å²) in [4.78, 5) is 4.12. The first-order chi connectivity index (χ1) is 7.25. The first-order valence-corrected chi connectivity index (χ1v) is 4.40. The zero-order valence-corrected chi connectivity index (χ0v) is 7.75. The van der Waals surface area contributed by atoms with Crippen molar-refractivity contribution >= 4 is 28.2 Å². The Morgan fingerprint density at radius 2 is 2.07 bits per heavy atom. The Hall–Kier alpha value is -2.37. The second-order valence-electron chi connectivity index (χ2n) is 3.27. The van der Waals surface area contributed by atoms with Crippen molar-refractivity contribution < 1.29 is 0 Å². The lowest BCUT2D eigenvalue weighted by atomic mass is 10.2. The first kappa shape index (κ1) is 7.98. The number of aromatic nitrogens is 4. The van der Waals surface area contributed by atoms with Crippen molar-refractivity contribution in [3.05, 3.63) is 24.5 Å². The van der Waals surface area contributed by atoms with Gasteiger partial charge in [0.15, 0.2) is 0 Å². The molecule has 0 fully saturated rings. The molecule has 1 aromatic carbocycles.